The quantitative estimate of drug-likeness (QED) is 0.436. The maximum absolute atomic E-state index is 15.3. The molecule has 2 fully saturated rings. The summed E-state index contributed by atoms with van der Waals surface area (Å²) in [6.45, 7) is 3.10. The second-order valence-electron chi connectivity index (χ2n) is 10.2. The summed E-state index contributed by atoms with van der Waals surface area (Å²) in [6, 6.07) is 7.62. The van der Waals surface area contributed by atoms with Crippen LogP contribution in [0.5, 0.6) is 0 Å². The molecular weight excluding hydrogens is 459 g/mol. The van der Waals surface area contributed by atoms with E-state index in [1.807, 2.05) is 22.8 Å². The van der Waals surface area contributed by atoms with Gasteiger partial charge in [-0.15, -0.1) is 0 Å². The highest BCUT2D eigenvalue weighted by atomic mass is 19.1. The van der Waals surface area contributed by atoms with Gasteiger partial charge in [-0.05, 0) is 51.6 Å². The van der Waals surface area contributed by atoms with Crippen LogP contribution in [0.25, 0.3) is 33.1 Å². The van der Waals surface area contributed by atoms with Gasteiger partial charge < -0.3 is 14.5 Å². The summed E-state index contributed by atoms with van der Waals surface area (Å²) in [5.74, 6) is 0.547. The van der Waals surface area contributed by atoms with Crippen molar-refractivity contribution in [3.63, 3.8) is 0 Å². The SMILES string of the molecule is CN(C)[C@@H]1CCN(c2ccc(-c3cc4c(cc3F)ncc3c4n([C@H]4CCCOC4)c(=O)n3C)cn2)C1. The number of nitrogens with zero attached hydrogens (tertiary/aromatic N) is 6. The minimum Gasteiger partial charge on any atom is -0.379 e. The number of rotatable bonds is 4. The van der Waals surface area contributed by atoms with Gasteiger partial charge in [0.05, 0.1) is 35.4 Å². The fourth-order valence-corrected chi connectivity index (χ4v) is 5.64. The molecule has 2 aliphatic heterocycles. The van der Waals surface area contributed by atoms with E-state index in [1.54, 1.807) is 24.0 Å². The van der Waals surface area contributed by atoms with Crippen molar-refractivity contribution in [3.8, 4) is 11.1 Å². The number of imidazole rings is 1. The molecule has 9 heteroatoms. The predicted molar refractivity (Wildman–Crippen MR) is 139 cm³/mol. The smallest absolute Gasteiger partial charge is 0.329 e. The van der Waals surface area contributed by atoms with Crippen LogP contribution >= 0.6 is 0 Å². The largest absolute Gasteiger partial charge is 0.379 e. The third-order valence-corrected chi connectivity index (χ3v) is 7.78. The third kappa shape index (κ3) is 3.77. The Morgan fingerprint density at radius 3 is 2.69 bits per heavy atom. The normalized spacial score (nSPS) is 20.8. The van der Waals surface area contributed by atoms with Crippen molar-refractivity contribution in [2.45, 2.75) is 31.3 Å². The highest BCUT2D eigenvalue weighted by Gasteiger charge is 2.26. The first kappa shape index (κ1) is 23.1. The topological polar surface area (TPSA) is 68.4 Å². The van der Waals surface area contributed by atoms with Gasteiger partial charge in [-0.2, -0.15) is 0 Å². The standard InChI is InChI=1S/C27H31FN6O2/c1-31(2)18-8-9-33(15-18)25-7-6-17(13-30-25)20-11-21-23(12-22(20)28)29-14-24-26(21)34(27(35)32(24)3)19-5-4-10-36-16-19/h6-7,11-14,18-19H,4-5,8-10,15-16H2,1-3H3/t18-,19+/m1/s1. The molecule has 8 nitrogen and oxygen atoms in total. The molecule has 0 bridgehead atoms. The Hall–Kier alpha value is -3.30. The molecule has 2 atom stereocenters. The molecule has 36 heavy (non-hydrogen) atoms. The number of hydrogen-bond donors (Lipinski definition) is 0. The Balaban J connectivity index is 1.44. The minimum atomic E-state index is -0.358. The lowest BCUT2D eigenvalue weighted by atomic mass is 10.0. The zero-order valence-electron chi connectivity index (χ0n) is 20.9. The fraction of sp³-hybridized carbons (Fsp3) is 0.444. The van der Waals surface area contributed by atoms with Crippen LogP contribution in [0, 0.1) is 5.82 Å². The first-order valence-electron chi connectivity index (χ1n) is 12.6. The lowest BCUT2D eigenvalue weighted by Crippen LogP contribution is -2.31. The van der Waals surface area contributed by atoms with Crippen molar-refractivity contribution >= 4 is 27.8 Å². The molecule has 3 aromatic heterocycles. The van der Waals surface area contributed by atoms with Crippen LogP contribution in [0.1, 0.15) is 25.3 Å². The average molecular weight is 491 g/mol. The zero-order chi connectivity index (χ0) is 25.0. The molecule has 5 heterocycles. The number of aromatic nitrogens is 4. The Morgan fingerprint density at radius 1 is 1.14 bits per heavy atom. The number of aryl methyl sites for hydroxylation is 1. The molecule has 0 radical (unpaired) electrons. The Labute approximate surface area is 208 Å². The molecule has 188 valence electrons. The van der Waals surface area contributed by atoms with Crippen LogP contribution in [0.2, 0.25) is 0 Å². The van der Waals surface area contributed by atoms with Crippen LogP contribution in [0.3, 0.4) is 0 Å². The number of likely N-dealkylation sites (N-methyl/N-ethyl adjacent to an activating group) is 1. The summed E-state index contributed by atoms with van der Waals surface area (Å²) in [6.07, 6.45) is 6.27. The van der Waals surface area contributed by atoms with E-state index < -0.39 is 0 Å². The van der Waals surface area contributed by atoms with E-state index in [4.69, 9.17) is 4.74 Å². The third-order valence-electron chi connectivity index (χ3n) is 7.78. The Kier molecular flexibility index (Phi) is 5.76. The van der Waals surface area contributed by atoms with Gasteiger partial charge >= 0.3 is 5.69 Å². The van der Waals surface area contributed by atoms with Gasteiger partial charge in [0.25, 0.3) is 0 Å². The summed E-state index contributed by atoms with van der Waals surface area (Å²) in [5, 5.41) is 0.754. The van der Waals surface area contributed by atoms with Gasteiger partial charge in [0.15, 0.2) is 0 Å². The van der Waals surface area contributed by atoms with E-state index in [1.165, 1.54) is 6.07 Å². The highest BCUT2D eigenvalue weighted by molar-refractivity contribution is 6.04. The minimum absolute atomic E-state index is 0.0542. The second kappa shape index (κ2) is 8.97. The van der Waals surface area contributed by atoms with Gasteiger partial charge in [0, 0.05) is 61.6 Å². The van der Waals surface area contributed by atoms with Crippen LogP contribution in [-0.4, -0.2) is 70.4 Å². The van der Waals surface area contributed by atoms with Gasteiger partial charge in [0.2, 0.25) is 0 Å². The molecule has 0 spiro atoms. The predicted octanol–water partition coefficient (Wildman–Crippen LogP) is 3.58. The summed E-state index contributed by atoms with van der Waals surface area (Å²) in [4.78, 5) is 26.9. The van der Waals surface area contributed by atoms with E-state index >= 15 is 4.39 Å². The molecule has 6 rings (SSSR count). The van der Waals surface area contributed by atoms with E-state index in [9.17, 15) is 4.79 Å². The van der Waals surface area contributed by atoms with Crippen molar-refractivity contribution < 1.29 is 9.13 Å². The molecule has 0 saturated carbocycles. The maximum atomic E-state index is 15.3. The first-order chi connectivity index (χ1) is 17.4. The lowest BCUT2D eigenvalue weighted by Gasteiger charge is -2.23. The average Bonchev–Trinajstić information content (AvgIpc) is 3.48. The Morgan fingerprint density at radius 2 is 2.00 bits per heavy atom. The number of pyridine rings is 2. The van der Waals surface area contributed by atoms with Crippen LogP contribution in [0.15, 0.2) is 41.5 Å². The number of ether oxygens (including phenoxy) is 1. The number of halogens is 1. The first-order valence-corrected chi connectivity index (χ1v) is 12.6. The molecule has 4 aromatic rings. The van der Waals surface area contributed by atoms with E-state index in [2.05, 4.69) is 33.9 Å². The summed E-state index contributed by atoms with van der Waals surface area (Å²) < 4.78 is 24.4. The molecule has 0 unspecified atom stereocenters. The van der Waals surface area contributed by atoms with Gasteiger partial charge in [-0.25, -0.2) is 14.2 Å². The molecule has 0 aliphatic carbocycles. The lowest BCUT2D eigenvalue weighted by molar-refractivity contribution is 0.0593. The molecule has 1 aromatic carbocycles. The monoisotopic (exact) mass is 490 g/mol. The van der Waals surface area contributed by atoms with Crippen molar-refractivity contribution in [2.24, 2.45) is 7.05 Å². The van der Waals surface area contributed by atoms with Crippen LogP contribution < -0.4 is 10.6 Å². The van der Waals surface area contributed by atoms with Crippen LogP contribution in [0.4, 0.5) is 10.2 Å². The van der Waals surface area contributed by atoms with Crippen molar-refractivity contribution in [1.29, 1.82) is 0 Å². The van der Waals surface area contributed by atoms with Crippen molar-refractivity contribution in [3.05, 3.63) is 53.0 Å². The van der Waals surface area contributed by atoms with Gasteiger partial charge in [-0.1, -0.05) is 0 Å². The molecule has 0 N–H and O–H groups in total. The van der Waals surface area contributed by atoms with E-state index in [0.717, 1.165) is 54.6 Å². The van der Waals surface area contributed by atoms with E-state index in [-0.39, 0.29) is 17.5 Å². The van der Waals surface area contributed by atoms with Gasteiger partial charge in [-0.3, -0.25) is 14.1 Å². The van der Waals surface area contributed by atoms with Crippen molar-refractivity contribution in [1.82, 2.24) is 24.0 Å². The fourth-order valence-electron chi connectivity index (χ4n) is 5.64. The highest BCUT2D eigenvalue weighted by Crippen LogP contribution is 2.33. The molecule has 2 aliphatic rings. The molecular formula is C27H31FN6O2. The van der Waals surface area contributed by atoms with E-state index in [0.29, 0.717) is 35.9 Å². The van der Waals surface area contributed by atoms with Crippen LogP contribution in [-0.2, 0) is 11.8 Å². The number of hydrogen-bond acceptors (Lipinski definition) is 6. The number of fused-ring (bicyclic) bond motifs is 3. The maximum Gasteiger partial charge on any atom is 0.329 e. The summed E-state index contributed by atoms with van der Waals surface area (Å²) in [7, 11) is 5.96. The zero-order valence-corrected chi connectivity index (χ0v) is 20.9. The summed E-state index contributed by atoms with van der Waals surface area (Å²) in [5.41, 5.74) is 3.08. The molecule has 0 amide bonds. The second-order valence-corrected chi connectivity index (χ2v) is 10.2. The van der Waals surface area contributed by atoms with Gasteiger partial charge in [0.1, 0.15) is 11.6 Å². The number of benzene rings is 1. The Bertz CT molecular complexity index is 1490. The molecule has 2 saturated heterocycles. The number of anilines is 1. The summed E-state index contributed by atoms with van der Waals surface area (Å²) >= 11 is 0. The van der Waals surface area contributed by atoms with Crippen molar-refractivity contribution in [2.75, 3.05) is 45.3 Å².